The number of nitrogens with one attached hydrogen (secondary N) is 1. The van der Waals surface area contributed by atoms with Gasteiger partial charge in [-0.3, -0.25) is 4.79 Å². The molecule has 0 spiro atoms. The summed E-state index contributed by atoms with van der Waals surface area (Å²) in [6.07, 6.45) is 1.04. The minimum absolute atomic E-state index is 0.0397. The number of hydrogen-bond donors (Lipinski definition) is 1. The Morgan fingerprint density at radius 2 is 1.79 bits per heavy atom. The molecule has 0 aliphatic heterocycles. The van der Waals surface area contributed by atoms with Gasteiger partial charge < -0.3 is 10.1 Å². The van der Waals surface area contributed by atoms with Crippen LogP contribution in [0.2, 0.25) is 0 Å². The van der Waals surface area contributed by atoms with Crippen LogP contribution in [0.1, 0.15) is 16.8 Å². The number of esters is 1. The average molecular weight is 349 g/mol. The smallest absolute Gasteiger partial charge is 0.328 e. The van der Waals surface area contributed by atoms with Crippen LogP contribution in [-0.4, -0.2) is 45.5 Å². The van der Waals surface area contributed by atoms with Crippen LogP contribution in [0.3, 0.4) is 0 Å². The Hall–Kier alpha value is -2.41. The SMILES string of the molecule is COC(=O)[C@H](CCS(C)(=O)=O)NC(=O)c1cccc2ccccc12. The fourth-order valence-electron chi connectivity index (χ4n) is 2.38. The average Bonchev–Trinajstić information content (AvgIpc) is 2.56. The monoisotopic (exact) mass is 349 g/mol. The molecule has 2 aromatic carbocycles. The molecule has 1 amide bonds. The summed E-state index contributed by atoms with van der Waals surface area (Å²) in [6, 6.07) is 11.7. The molecule has 0 aromatic heterocycles. The quantitative estimate of drug-likeness (QED) is 0.799. The molecule has 128 valence electrons. The molecular formula is C17H19NO5S. The van der Waals surface area contributed by atoms with E-state index >= 15 is 0 Å². The van der Waals surface area contributed by atoms with E-state index in [1.807, 2.05) is 30.3 Å². The van der Waals surface area contributed by atoms with Crippen LogP contribution in [0, 0.1) is 0 Å². The summed E-state index contributed by atoms with van der Waals surface area (Å²) < 4.78 is 27.3. The zero-order valence-corrected chi connectivity index (χ0v) is 14.3. The summed E-state index contributed by atoms with van der Waals surface area (Å²) in [5.74, 6) is -1.34. The molecule has 0 unspecified atom stereocenters. The summed E-state index contributed by atoms with van der Waals surface area (Å²) >= 11 is 0. The van der Waals surface area contributed by atoms with Crippen molar-refractivity contribution < 1.29 is 22.7 Å². The van der Waals surface area contributed by atoms with Gasteiger partial charge >= 0.3 is 5.97 Å². The number of carbonyl (C=O) groups excluding carboxylic acids is 2. The highest BCUT2D eigenvalue weighted by Gasteiger charge is 2.24. The van der Waals surface area contributed by atoms with Gasteiger partial charge in [0.1, 0.15) is 15.9 Å². The fraction of sp³-hybridized carbons (Fsp3) is 0.294. The molecule has 1 N–H and O–H groups in total. The molecule has 1 atom stereocenters. The minimum Gasteiger partial charge on any atom is -0.467 e. The second-order valence-corrected chi connectivity index (χ2v) is 7.75. The van der Waals surface area contributed by atoms with Gasteiger partial charge in [0.25, 0.3) is 5.91 Å². The highest BCUT2D eigenvalue weighted by atomic mass is 32.2. The number of carbonyl (C=O) groups is 2. The van der Waals surface area contributed by atoms with Gasteiger partial charge in [-0.1, -0.05) is 36.4 Å². The van der Waals surface area contributed by atoms with Crippen molar-refractivity contribution in [1.82, 2.24) is 5.32 Å². The van der Waals surface area contributed by atoms with Crippen molar-refractivity contribution in [2.24, 2.45) is 0 Å². The Bertz CT molecular complexity index is 855. The lowest BCUT2D eigenvalue weighted by Gasteiger charge is -2.16. The first-order valence-corrected chi connectivity index (χ1v) is 9.42. The number of fused-ring (bicyclic) bond motifs is 1. The highest BCUT2D eigenvalue weighted by molar-refractivity contribution is 7.90. The van der Waals surface area contributed by atoms with Crippen LogP contribution in [0.4, 0.5) is 0 Å². The zero-order chi connectivity index (χ0) is 17.7. The van der Waals surface area contributed by atoms with E-state index in [0.29, 0.717) is 5.56 Å². The van der Waals surface area contributed by atoms with Crippen molar-refractivity contribution in [3.8, 4) is 0 Å². The molecule has 2 aromatic rings. The van der Waals surface area contributed by atoms with Crippen LogP contribution in [0.25, 0.3) is 10.8 Å². The van der Waals surface area contributed by atoms with Gasteiger partial charge in [-0.15, -0.1) is 0 Å². The largest absolute Gasteiger partial charge is 0.467 e. The van der Waals surface area contributed by atoms with Crippen LogP contribution < -0.4 is 5.32 Å². The second-order valence-electron chi connectivity index (χ2n) is 5.49. The van der Waals surface area contributed by atoms with Crippen molar-refractivity contribution in [2.45, 2.75) is 12.5 Å². The summed E-state index contributed by atoms with van der Waals surface area (Å²) in [5.41, 5.74) is 0.418. The minimum atomic E-state index is -3.26. The molecule has 0 aliphatic carbocycles. The van der Waals surface area contributed by atoms with Gasteiger partial charge in [0.05, 0.1) is 12.9 Å². The maximum absolute atomic E-state index is 12.5. The molecule has 7 heteroatoms. The van der Waals surface area contributed by atoms with E-state index in [1.165, 1.54) is 7.11 Å². The summed E-state index contributed by atoms with van der Waals surface area (Å²) in [4.78, 5) is 24.4. The number of amides is 1. The third-order valence-corrected chi connectivity index (χ3v) is 4.58. The maximum atomic E-state index is 12.5. The zero-order valence-electron chi connectivity index (χ0n) is 13.5. The number of hydrogen-bond acceptors (Lipinski definition) is 5. The first-order chi connectivity index (χ1) is 11.3. The van der Waals surface area contributed by atoms with E-state index in [-0.39, 0.29) is 12.2 Å². The third-order valence-electron chi connectivity index (χ3n) is 3.60. The predicted octanol–water partition coefficient (Wildman–Crippen LogP) is 1.55. The van der Waals surface area contributed by atoms with Gasteiger partial charge in [0, 0.05) is 11.8 Å². The van der Waals surface area contributed by atoms with Crippen molar-refractivity contribution >= 4 is 32.5 Å². The van der Waals surface area contributed by atoms with E-state index in [4.69, 9.17) is 0 Å². The molecule has 0 radical (unpaired) electrons. The lowest BCUT2D eigenvalue weighted by Crippen LogP contribution is -2.42. The van der Waals surface area contributed by atoms with E-state index in [9.17, 15) is 18.0 Å². The van der Waals surface area contributed by atoms with Gasteiger partial charge in [-0.05, 0) is 23.3 Å². The fourth-order valence-corrected chi connectivity index (χ4v) is 3.05. The predicted molar refractivity (Wildman–Crippen MR) is 91.5 cm³/mol. The van der Waals surface area contributed by atoms with Crippen molar-refractivity contribution in [1.29, 1.82) is 0 Å². The van der Waals surface area contributed by atoms with Crippen molar-refractivity contribution in [2.75, 3.05) is 19.1 Å². The van der Waals surface area contributed by atoms with E-state index in [2.05, 4.69) is 10.1 Å². The Balaban J connectivity index is 2.24. The van der Waals surface area contributed by atoms with E-state index in [0.717, 1.165) is 17.0 Å². The topological polar surface area (TPSA) is 89.5 Å². The molecule has 0 aliphatic rings. The molecule has 0 bridgehead atoms. The summed E-state index contributed by atoms with van der Waals surface area (Å²) in [7, 11) is -2.06. The molecule has 0 saturated carbocycles. The maximum Gasteiger partial charge on any atom is 0.328 e. The number of benzene rings is 2. The number of ether oxygens (including phenoxy) is 1. The van der Waals surface area contributed by atoms with E-state index in [1.54, 1.807) is 12.1 Å². The Labute approximate surface area is 140 Å². The molecule has 24 heavy (non-hydrogen) atoms. The number of methoxy groups -OCH3 is 1. The van der Waals surface area contributed by atoms with Crippen molar-refractivity contribution in [3.05, 3.63) is 48.0 Å². The van der Waals surface area contributed by atoms with Crippen LogP contribution in [0.5, 0.6) is 0 Å². The van der Waals surface area contributed by atoms with Crippen LogP contribution >= 0.6 is 0 Å². The molecule has 2 rings (SSSR count). The summed E-state index contributed by atoms with van der Waals surface area (Å²) in [6.45, 7) is 0. The summed E-state index contributed by atoms with van der Waals surface area (Å²) in [5, 5.41) is 4.22. The van der Waals surface area contributed by atoms with Gasteiger partial charge in [0.15, 0.2) is 0 Å². The standard InChI is InChI=1S/C17H19NO5S/c1-23-17(20)15(10-11-24(2,21)22)18-16(19)14-9-5-7-12-6-3-4-8-13(12)14/h3-9,15H,10-11H2,1-2H3,(H,18,19)/t15-/m0/s1. The first kappa shape index (κ1) is 17.9. The van der Waals surface area contributed by atoms with Gasteiger partial charge in [-0.2, -0.15) is 0 Å². The Morgan fingerprint density at radius 1 is 1.12 bits per heavy atom. The van der Waals surface area contributed by atoms with Gasteiger partial charge in [0.2, 0.25) is 0 Å². The van der Waals surface area contributed by atoms with E-state index < -0.39 is 27.8 Å². The Morgan fingerprint density at radius 3 is 2.46 bits per heavy atom. The number of rotatable bonds is 6. The van der Waals surface area contributed by atoms with Crippen LogP contribution in [0.15, 0.2) is 42.5 Å². The first-order valence-electron chi connectivity index (χ1n) is 7.36. The highest BCUT2D eigenvalue weighted by Crippen LogP contribution is 2.18. The second kappa shape index (κ2) is 7.44. The molecule has 6 nitrogen and oxygen atoms in total. The third kappa shape index (κ3) is 4.55. The molecular weight excluding hydrogens is 330 g/mol. The molecule has 0 heterocycles. The molecule has 0 fully saturated rings. The Kier molecular flexibility index (Phi) is 5.56. The van der Waals surface area contributed by atoms with Gasteiger partial charge in [-0.25, -0.2) is 13.2 Å². The van der Waals surface area contributed by atoms with Crippen LogP contribution in [-0.2, 0) is 19.4 Å². The normalized spacial score (nSPS) is 12.6. The lowest BCUT2D eigenvalue weighted by atomic mass is 10.0. The lowest BCUT2D eigenvalue weighted by molar-refractivity contribution is -0.142. The molecule has 0 saturated heterocycles. The van der Waals surface area contributed by atoms with Crippen molar-refractivity contribution in [3.63, 3.8) is 0 Å². The number of sulfone groups is 1.